The van der Waals surface area contributed by atoms with Crippen LogP contribution in [0, 0.1) is 0 Å². The fourth-order valence-corrected chi connectivity index (χ4v) is 0.686. The van der Waals surface area contributed by atoms with Crippen LogP contribution in [0.5, 0.6) is 0 Å². The number of aliphatic hydroxyl groups is 2. The molecule has 0 spiro atoms. The predicted octanol–water partition coefficient (Wildman–Crippen LogP) is 1.60. The molecular formula is C9H16O2. The van der Waals surface area contributed by atoms with Gasteiger partial charge in [-0.2, -0.15) is 0 Å². The molecule has 0 saturated heterocycles. The lowest BCUT2D eigenvalue weighted by Crippen LogP contribution is -1.96. The Labute approximate surface area is 67.9 Å². The molecule has 0 fully saturated rings. The SMILES string of the molecule is CC(C)=CCCC=CC(O)O. The summed E-state index contributed by atoms with van der Waals surface area (Å²) in [6.45, 7) is 4.09. The third-order valence-corrected chi connectivity index (χ3v) is 1.19. The summed E-state index contributed by atoms with van der Waals surface area (Å²) in [4.78, 5) is 0. The molecule has 2 nitrogen and oxygen atoms in total. The van der Waals surface area contributed by atoms with E-state index < -0.39 is 6.29 Å². The molecule has 0 amide bonds. The van der Waals surface area contributed by atoms with Gasteiger partial charge in [0.25, 0.3) is 0 Å². The molecule has 0 atom stereocenters. The highest BCUT2D eigenvalue weighted by molar-refractivity contribution is 4.95. The van der Waals surface area contributed by atoms with Crippen LogP contribution in [0.1, 0.15) is 26.7 Å². The summed E-state index contributed by atoms with van der Waals surface area (Å²) in [6.07, 6.45) is 5.78. The average Bonchev–Trinajstić information content (AvgIpc) is 1.85. The van der Waals surface area contributed by atoms with Crippen LogP contribution in [0.25, 0.3) is 0 Å². The molecule has 2 N–H and O–H groups in total. The van der Waals surface area contributed by atoms with Crippen LogP contribution in [-0.2, 0) is 0 Å². The molecule has 0 aromatic heterocycles. The molecule has 0 heterocycles. The molecule has 11 heavy (non-hydrogen) atoms. The van der Waals surface area contributed by atoms with Crippen molar-refractivity contribution in [3.05, 3.63) is 23.8 Å². The van der Waals surface area contributed by atoms with E-state index in [2.05, 4.69) is 6.08 Å². The molecule has 0 aromatic rings. The van der Waals surface area contributed by atoms with Gasteiger partial charge in [0, 0.05) is 0 Å². The van der Waals surface area contributed by atoms with Crippen molar-refractivity contribution in [1.82, 2.24) is 0 Å². The van der Waals surface area contributed by atoms with Gasteiger partial charge in [-0.1, -0.05) is 17.7 Å². The zero-order valence-corrected chi connectivity index (χ0v) is 7.12. The maximum Gasteiger partial charge on any atom is 0.171 e. The first-order valence-electron chi connectivity index (χ1n) is 3.79. The second-order valence-electron chi connectivity index (χ2n) is 2.70. The molecule has 0 rings (SSSR count). The van der Waals surface area contributed by atoms with E-state index in [1.807, 2.05) is 13.8 Å². The molecule has 64 valence electrons. The first-order valence-corrected chi connectivity index (χ1v) is 3.79. The molecule has 0 bridgehead atoms. The fraction of sp³-hybridized carbons (Fsp3) is 0.556. The lowest BCUT2D eigenvalue weighted by atomic mass is 10.2. The number of rotatable bonds is 4. The van der Waals surface area contributed by atoms with E-state index in [4.69, 9.17) is 10.2 Å². The highest BCUT2D eigenvalue weighted by atomic mass is 16.5. The standard InChI is InChI=1S/C9H16O2/c1-8(2)6-4-3-5-7-9(10)11/h5-7,9-11H,3-4H2,1-2H3. The highest BCUT2D eigenvalue weighted by Gasteiger charge is 1.84. The van der Waals surface area contributed by atoms with Gasteiger partial charge in [-0.3, -0.25) is 0 Å². The first-order chi connectivity index (χ1) is 5.13. The van der Waals surface area contributed by atoms with Gasteiger partial charge < -0.3 is 10.2 Å². The van der Waals surface area contributed by atoms with E-state index in [-0.39, 0.29) is 0 Å². The second kappa shape index (κ2) is 6.13. The normalized spacial score (nSPS) is 11.0. The lowest BCUT2D eigenvalue weighted by molar-refractivity contribution is 0.00217. The second-order valence-corrected chi connectivity index (χ2v) is 2.70. The Kier molecular flexibility index (Phi) is 5.80. The topological polar surface area (TPSA) is 40.5 Å². The molecule has 0 aliphatic heterocycles. The number of allylic oxidation sites excluding steroid dienone is 3. The quantitative estimate of drug-likeness (QED) is 0.369. The van der Waals surface area contributed by atoms with E-state index >= 15 is 0 Å². The Bertz CT molecular complexity index is 142. The zero-order valence-electron chi connectivity index (χ0n) is 7.12. The Morgan fingerprint density at radius 1 is 1.27 bits per heavy atom. The minimum absolute atomic E-state index is 0.864. The van der Waals surface area contributed by atoms with Gasteiger partial charge in [-0.25, -0.2) is 0 Å². The third kappa shape index (κ3) is 9.40. The van der Waals surface area contributed by atoms with Gasteiger partial charge in [0.15, 0.2) is 6.29 Å². The van der Waals surface area contributed by atoms with Gasteiger partial charge in [0.1, 0.15) is 0 Å². The summed E-state index contributed by atoms with van der Waals surface area (Å²) < 4.78 is 0. The summed E-state index contributed by atoms with van der Waals surface area (Å²) >= 11 is 0. The molecule has 0 unspecified atom stereocenters. The third-order valence-electron chi connectivity index (χ3n) is 1.19. The Hall–Kier alpha value is -0.600. The molecule has 0 aromatic carbocycles. The van der Waals surface area contributed by atoms with Crippen LogP contribution in [0.4, 0.5) is 0 Å². The first kappa shape index (κ1) is 10.4. The summed E-state index contributed by atoms with van der Waals surface area (Å²) in [7, 11) is 0. The summed E-state index contributed by atoms with van der Waals surface area (Å²) in [5.41, 5.74) is 1.29. The van der Waals surface area contributed by atoms with Crippen LogP contribution in [0.2, 0.25) is 0 Å². The van der Waals surface area contributed by atoms with E-state index in [1.54, 1.807) is 6.08 Å². The van der Waals surface area contributed by atoms with Crippen molar-refractivity contribution < 1.29 is 10.2 Å². The minimum atomic E-state index is -1.30. The Morgan fingerprint density at radius 3 is 2.36 bits per heavy atom. The maximum absolute atomic E-state index is 8.41. The molecule has 0 saturated carbocycles. The molecule has 0 aliphatic rings. The molecule has 0 aliphatic carbocycles. The van der Waals surface area contributed by atoms with E-state index in [1.165, 1.54) is 11.6 Å². The molecule has 2 heteroatoms. The van der Waals surface area contributed by atoms with Gasteiger partial charge in [0.2, 0.25) is 0 Å². The number of unbranched alkanes of at least 4 members (excludes halogenated alkanes) is 1. The van der Waals surface area contributed by atoms with Crippen molar-refractivity contribution >= 4 is 0 Å². The molecular weight excluding hydrogens is 140 g/mol. The minimum Gasteiger partial charge on any atom is -0.365 e. The number of aliphatic hydroxyl groups excluding tert-OH is 1. The zero-order chi connectivity index (χ0) is 8.69. The van der Waals surface area contributed by atoms with Crippen molar-refractivity contribution in [3.8, 4) is 0 Å². The van der Waals surface area contributed by atoms with Gasteiger partial charge in [-0.15, -0.1) is 0 Å². The van der Waals surface area contributed by atoms with E-state index in [9.17, 15) is 0 Å². The largest absolute Gasteiger partial charge is 0.365 e. The van der Waals surface area contributed by atoms with Crippen molar-refractivity contribution in [2.45, 2.75) is 33.0 Å². The van der Waals surface area contributed by atoms with Crippen LogP contribution in [0.15, 0.2) is 23.8 Å². The van der Waals surface area contributed by atoms with Crippen molar-refractivity contribution in [2.24, 2.45) is 0 Å². The van der Waals surface area contributed by atoms with Crippen LogP contribution < -0.4 is 0 Å². The average molecular weight is 156 g/mol. The summed E-state index contributed by atoms with van der Waals surface area (Å²) in [5.74, 6) is 0. The van der Waals surface area contributed by atoms with Crippen LogP contribution in [0.3, 0.4) is 0 Å². The fourth-order valence-electron chi connectivity index (χ4n) is 0.686. The van der Waals surface area contributed by atoms with Gasteiger partial charge in [0.05, 0.1) is 0 Å². The highest BCUT2D eigenvalue weighted by Crippen LogP contribution is 1.98. The number of hydrogen-bond donors (Lipinski definition) is 2. The summed E-state index contributed by atoms with van der Waals surface area (Å²) in [6, 6.07) is 0. The smallest absolute Gasteiger partial charge is 0.171 e. The predicted molar refractivity (Wildman–Crippen MR) is 46.0 cm³/mol. The van der Waals surface area contributed by atoms with E-state index in [0.29, 0.717) is 0 Å². The van der Waals surface area contributed by atoms with E-state index in [0.717, 1.165) is 12.8 Å². The number of hydrogen-bond acceptors (Lipinski definition) is 2. The van der Waals surface area contributed by atoms with Crippen molar-refractivity contribution in [1.29, 1.82) is 0 Å². The monoisotopic (exact) mass is 156 g/mol. The van der Waals surface area contributed by atoms with Crippen LogP contribution >= 0.6 is 0 Å². The lowest BCUT2D eigenvalue weighted by Gasteiger charge is -1.92. The van der Waals surface area contributed by atoms with Gasteiger partial charge in [-0.05, 0) is 32.8 Å². The summed E-state index contributed by atoms with van der Waals surface area (Å²) in [5, 5.41) is 16.8. The van der Waals surface area contributed by atoms with Crippen molar-refractivity contribution in [2.75, 3.05) is 0 Å². The van der Waals surface area contributed by atoms with Crippen molar-refractivity contribution in [3.63, 3.8) is 0 Å². The molecule has 0 radical (unpaired) electrons. The maximum atomic E-state index is 8.41. The van der Waals surface area contributed by atoms with Gasteiger partial charge >= 0.3 is 0 Å². The van der Waals surface area contributed by atoms with Crippen LogP contribution in [-0.4, -0.2) is 16.5 Å². The Balaban J connectivity index is 3.35. The Morgan fingerprint density at radius 2 is 1.91 bits per heavy atom.